The lowest BCUT2D eigenvalue weighted by atomic mass is 10.1. The lowest BCUT2D eigenvalue weighted by Gasteiger charge is -2.32. The molecular weight excluding hydrogens is 413 g/mol. The molecule has 9 heteroatoms. The summed E-state index contributed by atoms with van der Waals surface area (Å²) in [6.45, 7) is 3.57. The number of H-pyrrole nitrogens is 1. The Kier molecular flexibility index (Phi) is 5.91. The number of halogens is 1. The molecule has 4 rings (SSSR count). The molecule has 0 aliphatic rings. The Balaban J connectivity index is 1.83. The highest BCUT2D eigenvalue weighted by molar-refractivity contribution is 5.82. The molecule has 0 fully saturated rings. The second-order valence-electron chi connectivity index (χ2n) is 7.91. The van der Waals surface area contributed by atoms with Gasteiger partial charge in [-0.1, -0.05) is 0 Å². The fourth-order valence-electron chi connectivity index (χ4n) is 3.38. The van der Waals surface area contributed by atoms with Crippen LogP contribution in [0.4, 0.5) is 15.9 Å². The Morgan fingerprint density at radius 1 is 0.969 bits per heavy atom. The van der Waals surface area contributed by atoms with Crippen molar-refractivity contribution in [2.24, 2.45) is 0 Å². The average molecular weight is 437 g/mol. The number of hydrogen-bond acceptors (Lipinski definition) is 7. The molecule has 0 saturated heterocycles. The Morgan fingerprint density at radius 2 is 1.72 bits per heavy atom. The number of hydrogen-bond donors (Lipinski definition) is 1. The maximum absolute atomic E-state index is 13.3. The quantitative estimate of drug-likeness (QED) is 0.421. The number of aromatic amines is 1. The van der Waals surface area contributed by atoms with Gasteiger partial charge in [0.1, 0.15) is 17.1 Å². The van der Waals surface area contributed by atoms with Crippen LogP contribution in [0.25, 0.3) is 22.3 Å². The van der Waals surface area contributed by atoms with E-state index in [-0.39, 0.29) is 6.54 Å². The summed E-state index contributed by atoms with van der Waals surface area (Å²) in [5.74, 6) is 1.23. The van der Waals surface area contributed by atoms with Gasteiger partial charge in [-0.15, -0.1) is 0 Å². The van der Waals surface area contributed by atoms with Crippen molar-refractivity contribution in [3.8, 4) is 22.8 Å². The molecular formula is C23H24FN5O3. The van der Waals surface area contributed by atoms with Crippen molar-refractivity contribution in [2.45, 2.75) is 19.4 Å². The maximum atomic E-state index is 13.3. The topological polar surface area (TPSA) is 85.4 Å². The van der Waals surface area contributed by atoms with Crippen molar-refractivity contribution < 1.29 is 18.9 Å². The minimum Gasteiger partial charge on any atom is -0.497 e. The normalized spacial score (nSPS) is 11.5. The van der Waals surface area contributed by atoms with E-state index in [1.54, 1.807) is 52.7 Å². The molecule has 4 aromatic rings. The summed E-state index contributed by atoms with van der Waals surface area (Å²) >= 11 is 0. The van der Waals surface area contributed by atoms with Crippen LogP contribution in [0.1, 0.15) is 13.8 Å². The second kappa shape index (κ2) is 8.80. The average Bonchev–Trinajstić information content (AvgIpc) is 3.36. The van der Waals surface area contributed by atoms with Gasteiger partial charge in [0, 0.05) is 41.3 Å². The van der Waals surface area contributed by atoms with E-state index in [9.17, 15) is 4.53 Å². The summed E-state index contributed by atoms with van der Waals surface area (Å²) in [6.07, 6.45) is 5.16. The first-order chi connectivity index (χ1) is 15.4. The van der Waals surface area contributed by atoms with E-state index in [2.05, 4.69) is 20.1 Å². The van der Waals surface area contributed by atoms with Crippen LogP contribution >= 0.6 is 0 Å². The van der Waals surface area contributed by atoms with Crippen molar-refractivity contribution in [1.82, 2.24) is 20.2 Å². The molecule has 2 heterocycles. The lowest BCUT2D eigenvalue weighted by molar-refractivity contribution is -0.217. The van der Waals surface area contributed by atoms with Crippen LogP contribution in [-0.4, -0.2) is 46.5 Å². The van der Waals surface area contributed by atoms with Crippen molar-refractivity contribution in [3.05, 3.63) is 55.0 Å². The van der Waals surface area contributed by atoms with E-state index in [0.717, 1.165) is 22.5 Å². The van der Waals surface area contributed by atoms with Gasteiger partial charge in [-0.05, 0) is 36.6 Å². The van der Waals surface area contributed by atoms with Crippen molar-refractivity contribution >= 4 is 22.4 Å². The van der Waals surface area contributed by atoms with Gasteiger partial charge in [0.2, 0.25) is 0 Å². The van der Waals surface area contributed by atoms with Crippen LogP contribution in [0.5, 0.6) is 11.5 Å². The highest BCUT2D eigenvalue weighted by atomic mass is 19.3. The highest BCUT2D eigenvalue weighted by Crippen LogP contribution is 2.35. The summed E-state index contributed by atoms with van der Waals surface area (Å²) in [5.41, 5.74) is 3.44. The van der Waals surface area contributed by atoms with Crippen LogP contribution in [0.15, 0.2) is 55.0 Å². The van der Waals surface area contributed by atoms with Crippen molar-refractivity contribution in [1.29, 1.82) is 0 Å². The summed E-state index contributed by atoms with van der Waals surface area (Å²) in [6, 6.07) is 11.2. The Labute approximate surface area is 184 Å². The van der Waals surface area contributed by atoms with E-state index in [1.807, 2.05) is 35.2 Å². The number of fused-ring (bicyclic) bond motifs is 1. The van der Waals surface area contributed by atoms with Crippen LogP contribution in [-0.2, 0) is 4.94 Å². The zero-order chi connectivity index (χ0) is 22.7. The van der Waals surface area contributed by atoms with Crippen molar-refractivity contribution in [2.75, 3.05) is 25.7 Å². The van der Waals surface area contributed by atoms with Gasteiger partial charge in [-0.2, -0.15) is 10.0 Å². The number of methoxy groups -OCH3 is 2. The summed E-state index contributed by atoms with van der Waals surface area (Å²) in [4.78, 5) is 15.4. The minimum atomic E-state index is -1.07. The Hall–Kier alpha value is -3.72. The standard InChI is InChI=1S/C23H24FN5O3/c1-23(2,32-24)14-29(17-7-18(30-3)10-19(8-17)31-4)16-5-6-20-21(9-16)28-22(13-25-20)15-11-26-27-12-15/h5-13H,14H2,1-4H3,(H,26,27). The number of anilines is 2. The van der Waals surface area contributed by atoms with Crippen LogP contribution in [0, 0.1) is 0 Å². The zero-order valence-electron chi connectivity index (χ0n) is 18.3. The molecule has 2 aromatic heterocycles. The summed E-state index contributed by atoms with van der Waals surface area (Å²) < 4.78 is 24.2. The fraction of sp³-hybridized carbons (Fsp3) is 0.261. The van der Waals surface area contributed by atoms with E-state index >= 15 is 0 Å². The predicted octanol–water partition coefficient (Wildman–Crippen LogP) is 4.85. The third kappa shape index (κ3) is 4.47. The molecule has 2 aromatic carbocycles. The number of nitrogens with zero attached hydrogens (tertiary/aromatic N) is 4. The third-order valence-electron chi connectivity index (χ3n) is 5.03. The molecule has 0 atom stereocenters. The second-order valence-corrected chi connectivity index (χ2v) is 7.91. The molecule has 0 saturated carbocycles. The van der Waals surface area contributed by atoms with Gasteiger partial charge in [-0.3, -0.25) is 10.1 Å². The number of ether oxygens (including phenoxy) is 2. The van der Waals surface area contributed by atoms with Crippen LogP contribution in [0.2, 0.25) is 0 Å². The van der Waals surface area contributed by atoms with Gasteiger partial charge < -0.3 is 14.4 Å². The Morgan fingerprint density at radius 3 is 2.34 bits per heavy atom. The zero-order valence-corrected chi connectivity index (χ0v) is 18.3. The molecule has 0 aliphatic heterocycles. The predicted molar refractivity (Wildman–Crippen MR) is 120 cm³/mol. The first kappa shape index (κ1) is 21.5. The van der Waals surface area contributed by atoms with Crippen LogP contribution in [0.3, 0.4) is 0 Å². The SMILES string of the molecule is COc1cc(OC)cc(N(CC(C)(C)OF)c2ccc3ncc(-c4cn[nH]c4)nc3c2)c1. The van der Waals surface area contributed by atoms with Gasteiger partial charge in [0.15, 0.2) is 0 Å². The number of aromatic nitrogens is 4. The van der Waals surface area contributed by atoms with E-state index in [1.165, 1.54) is 0 Å². The smallest absolute Gasteiger partial charge is 0.124 e. The number of rotatable bonds is 8. The van der Waals surface area contributed by atoms with Gasteiger partial charge >= 0.3 is 0 Å². The monoisotopic (exact) mass is 437 g/mol. The largest absolute Gasteiger partial charge is 0.497 e. The molecule has 0 bridgehead atoms. The minimum absolute atomic E-state index is 0.222. The van der Waals surface area contributed by atoms with Gasteiger partial charge in [0.05, 0.1) is 49.9 Å². The van der Waals surface area contributed by atoms with Gasteiger partial charge in [-0.25, -0.2) is 4.98 Å². The lowest BCUT2D eigenvalue weighted by Crippen LogP contribution is -2.37. The van der Waals surface area contributed by atoms with Crippen molar-refractivity contribution in [3.63, 3.8) is 0 Å². The summed E-state index contributed by atoms with van der Waals surface area (Å²) in [5, 5.41) is 6.75. The molecule has 1 N–H and O–H groups in total. The molecule has 0 amide bonds. The first-order valence-electron chi connectivity index (χ1n) is 9.99. The molecule has 0 spiro atoms. The fourth-order valence-corrected chi connectivity index (χ4v) is 3.38. The highest BCUT2D eigenvalue weighted by Gasteiger charge is 2.26. The molecule has 166 valence electrons. The van der Waals surface area contributed by atoms with E-state index in [4.69, 9.17) is 14.5 Å². The molecule has 0 aliphatic carbocycles. The van der Waals surface area contributed by atoms with Gasteiger partial charge in [0.25, 0.3) is 0 Å². The molecule has 0 unspecified atom stereocenters. The molecule has 32 heavy (non-hydrogen) atoms. The molecule has 0 radical (unpaired) electrons. The Bertz CT molecular complexity index is 1190. The van der Waals surface area contributed by atoms with E-state index in [0.29, 0.717) is 22.7 Å². The summed E-state index contributed by atoms with van der Waals surface area (Å²) in [7, 11) is 3.17. The maximum Gasteiger partial charge on any atom is 0.124 e. The number of nitrogens with one attached hydrogen (secondary N) is 1. The van der Waals surface area contributed by atoms with E-state index < -0.39 is 5.60 Å². The molecule has 8 nitrogen and oxygen atoms in total. The first-order valence-corrected chi connectivity index (χ1v) is 9.99. The number of benzene rings is 2. The van der Waals surface area contributed by atoms with Crippen LogP contribution < -0.4 is 14.4 Å². The third-order valence-corrected chi connectivity index (χ3v) is 5.03.